The number of hydrogen-bond acceptors (Lipinski definition) is 2. The van der Waals surface area contributed by atoms with E-state index in [0.29, 0.717) is 6.04 Å². The van der Waals surface area contributed by atoms with Crippen LogP contribution in [-0.2, 0) is 0 Å². The maximum absolute atomic E-state index is 3.78. The molecule has 0 aliphatic rings. The minimum atomic E-state index is 0.400. The van der Waals surface area contributed by atoms with Crippen LogP contribution in [0, 0.1) is 0 Å². The fourth-order valence-electron chi connectivity index (χ4n) is 1.84. The topological polar surface area (TPSA) is 15.3 Å². The number of nitrogens with zero attached hydrogens (tertiary/aromatic N) is 1. The van der Waals surface area contributed by atoms with Crippen LogP contribution in [0.2, 0.25) is 0 Å². The van der Waals surface area contributed by atoms with Gasteiger partial charge >= 0.3 is 0 Å². The average Bonchev–Trinajstić information content (AvgIpc) is 2.30. The predicted octanol–water partition coefficient (Wildman–Crippen LogP) is 3.16. The maximum Gasteiger partial charge on any atom is 0.0360 e. The highest BCUT2D eigenvalue weighted by Gasteiger charge is 2.07. The Morgan fingerprint density at radius 1 is 1.18 bits per heavy atom. The Labute approximate surface area is 105 Å². The zero-order chi connectivity index (χ0) is 12.5. The van der Waals surface area contributed by atoms with Gasteiger partial charge in [0.05, 0.1) is 0 Å². The summed E-state index contributed by atoms with van der Waals surface area (Å²) in [6, 6.07) is 10.7. The highest BCUT2D eigenvalue weighted by molar-refractivity contribution is 5.43. The van der Waals surface area contributed by atoms with Crippen molar-refractivity contribution in [3.63, 3.8) is 0 Å². The number of nitrogens with one attached hydrogen (secondary N) is 1. The molecule has 1 atom stereocenters. The fourth-order valence-corrected chi connectivity index (χ4v) is 1.84. The number of rotatable bonds is 8. The molecular formula is C15H22N2. The zero-order valence-electron chi connectivity index (χ0n) is 10.6. The van der Waals surface area contributed by atoms with Crippen molar-refractivity contribution < 1.29 is 0 Å². The van der Waals surface area contributed by atoms with Crippen molar-refractivity contribution in [2.24, 2.45) is 0 Å². The van der Waals surface area contributed by atoms with Crippen LogP contribution in [0.1, 0.15) is 6.92 Å². The molecule has 0 saturated carbocycles. The Bertz CT molecular complexity index is 322. The maximum atomic E-state index is 3.78. The van der Waals surface area contributed by atoms with Gasteiger partial charge in [0.1, 0.15) is 0 Å². The number of hydrogen-bond donors (Lipinski definition) is 1. The molecule has 0 aliphatic heterocycles. The van der Waals surface area contributed by atoms with Crippen molar-refractivity contribution >= 4 is 5.69 Å². The van der Waals surface area contributed by atoms with Gasteiger partial charge in [-0.05, 0) is 19.1 Å². The van der Waals surface area contributed by atoms with E-state index in [2.05, 4.69) is 42.4 Å². The van der Waals surface area contributed by atoms with Gasteiger partial charge in [-0.1, -0.05) is 30.4 Å². The van der Waals surface area contributed by atoms with Crippen LogP contribution in [0.4, 0.5) is 5.69 Å². The molecule has 1 aromatic carbocycles. The average molecular weight is 230 g/mol. The van der Waals surface area contributed by atoms with E-state index in [1.165, 1.54) is 0 Å². The Balaban J connectivity index is 2.44. The predicted molar refractivity (Wildman–Crippen MR) is 76.4 cm³/mol. The summed E-state index contributed by atoms with van der Waals surface area (Å²) in [4.78, 5) is 2.31. The smallest absolute Gasteiger partial charge is 0.0360 e. The third-order valence-electron chi connectivity index (χ3n) is 2.49. The molecule has 17 heavy (non-hydrogen) atoms. The highest BCUT2D eigenvalue weighted by atomic mass is 15.1. The third-order valence-corrected chi connectivity index (χ3v) is 2.49. The summed E-state index contributed by atoms with van der Waals surface area (Å²) in [5.74, 6) is 0. The Morgan fingerprint density at radius 3 is 2.29 bits per heavy atom. The Morgan fingerprint density at radius 2 is 1.76 bits per heavy atom. The molecule has 2 nitrogen and oxygen atoms in total. The summed E-state index contributed by atoms with van der Waals surface area (Å²) in [5, 5.41) is 3.48. The summed E-state index contributed by atoms with van der Waals surface area (Å²) < 4.78 is 0. The highest BCUT2D eigenvalue weighted by Crippen LogP contribution is 2.07. The quantitative estimate of drug-likeness (QED) is 0.690. The molecule has 1 rings (SSSR count). The van der Waals surface area contributed by atoms with Crippen molar-refractivity contribution in [1.29, 1.82) is 0 Å². The molecule has 0 unspecified atom stereocenters. The lowest BCUT2D eigenvalue weighted by atomic mass is 10.2. The first-order chi connectivity index (χ1) is 8.26. The van der Waals surface area contributed by atoms with Crippen LogP contribution in [-0.4, -0.2) is 30.6 Å². The minimum Gasteiger partial charge on any atom is -0.381 e. The van der Waals surface area contributed by atoms with Crippen LogP contribution in [0.25, 0.3) is 0 Å². The van der Waals surface area contributed by atoms with Crippen molar-refractivity contribution in [3.8, 4) is 0 Å². The van der Waals surface area contributed by atoms with Gasteiger partial charge in [-0.25, -0.2) is 0 Å². The number of anilines is 1. The number of para-hydroxylation sites is 1. The standard InChI is InChI=1S/C15H22N2/c1-4-11-17(12-5-2)13-14(3)16-15-9-7-6-8-10-15/h4-10,14,16H,1-2,11-13H2,3H3/t14-/m0/s1. The first kappa shape index (κ1) is 13.5. The van der Waals surface area contributed by atoms with E-state index >= 15 is 0 Å². The van der Waals surface area contributed by atoms with E-state index < -0.39 is 0 Å². The van der Waals surface area contributed by atoms with Crippen LogP contribution >= 0.6 is 0 Å². The third kappa shape index (κ3) is 5.36. The summed E-state index contributed by atoms with van der Waals surface area (Å²) in [6.07, 6.45) is 3.86. The van der Waals surface area contributed by atoms with Gasteiger partial charge in [0.2, 0.25) is 0 Å². The first-order valence-electron chi connectivity index (χ1n) is 6.02. The van der Waals surface area contributed by atoms with E-state index in [1.54, 1.807) is 0 Å². The van der Waals surface area contributed by atoms with Gasteiger partial charge in [-0.3, -0.25) is 4.90 Å². The largest absolute Gasteiger partial charge is 0.381 e. The monoisotopic (exact) mass is 230 g/mol. The summed E-state index contributed by atoms with van der Waals surface area (Å²) in [5.41, 5.74) is 1.16. The zero-order valence-corrected chi connectivity index (χ0v) is 10.6. The molecule has 2 heteroatoms. The van der Waals surface area contributed by atoms with Crippen LogP contribution in [0.15, 0.2) is 55.6 Å². The summed E-state index contributed by atoms with van der Waals surface area (Å²) in [7, 11) is 0. The van der Waals surface area contributed by atoms with Crippen molar-refractivity contribution in [2.75, 3.05) is 25.0 Å². The van der Waals surface area contributed by atoms with Crippen LogP contribution in [0.5, 0.6) is 0 Å². The molecule has 0 aliphatic carbocycles. The molecule has 1 aromatic rings. The molecule has 1 N–H and O–H groups in total. The van der Waals surface area contributed by atoms with E-state index in [-0.39, 0.29) is 0 Å². The lowest BCUT2D eigenvalue weighted by Crippen LogP contribution is -2.35. The Hall–Kier alpha value is -1.54. The molecule has 0 amide bonds. The second-order valence-corrected chi connectivity index (χ2v) is 4.21. The second-order valence-electron chi connectivity index (χ2n) is 4.21. The van der Waals surface area contributed by atoms with Crippen LogP contribution in [0.3, 0.4) is 0 Å². The van der Waals surface area contributed by atoms with Gasteiger partial charge in [0.15, 0.2) is 0 Å². The normalized spacial score (nSPS) is 12.1. The minimum absolute atomic E-state index is 0.400. The lowest BCUT2D eigenvalue weighted by Gasteiger charge is -2.24. The molecule has 0 heterocycles. The van der Waals surface area contributed by atoms with Crippen molar-refractivity contribution in [1.82, 2.24) is 4.90 Å². The van der Waals surface area contributed by atoms with E-state index in [0.717, 1.165) is 25.3 Å². The molecule has 0 saturated heterocycles. The molecule has 0 radical (unpaired) electrons. The van der Waals surface area contributed by atoms with Crippen molar-refractivity contribution in [3.05, 3.63) is 55.6 Å². The molecule has 0 spiro atoms. The van der Waals surface area contributed by atoms with E-state index in [9.17, 15) is 0 Å². The summed E-state index contributed by atoms with van der Waals surface area (Å²) >= 11 is 0. The first-order valence-corrected chi connectivity index (χ1v) is 6.02. The van der Waals surface area contributed by atoms with Crippen molar-refractivity contribution in [2.45, 2.75) is 13.0 Å². The lowest BCUT2D eigenvalue weighted by molar-refractivity contribution is 0.324. The van der Waals surface area contributed by atoms with Gasteiger partial charge < -0.3 is 5.32 Å². The molecule has 0 aromatic heterocycles. The van der Waals surface area contributed by atoms with Gasteiger partial charge in [0.25, 0.3) is 0 Å². The summed E-state index contributed by atoms with van der Waals surface area (Å²) in [6.45, 7) is 12.5. The molecular weight excluding hydrogens is 208 g/mol. The molecule has 0 bridgehead atoms. The van der Waals surface area contributed by atoms with Crippen LogP contribution < -0.4 is 5.32 Å². The van der Waals surface area contributed by atoms with Gasteiger partial charge in [-0.15, -0.1) is 13.2 Å². The SMILES string of the molecule is C=CCN(CC=C)C[C@H](C)Nc1ccccc1. The number of benzene rings is 1. The Kier molecular flexibility index (Phi) is 6.12. The van der Waals surface area contributed by atoms with E-state index in [1.807, 2.05) is 30.4 Å². The second kappa shape index (κ2) is 7.69. The molecule has 92 valence electrons. The van der Waals surface area contributed by atoms with Gasteiger partial charge in [-0.2, -0.15) is 0 Å². The van der Waals surface area contributed by atoms with Gasteiger partial charge in [0, 0.05) is 31.4 Å². The molecule has 0 fully saturated rings. The van der Waals surface area contributed by atoms with E-state index in [4.69, 9.17) is 0 Å². The fraction of sp³-hybridized carbons (Fsp3) is 0.333.